The molecule has 0 heterocycles. The number of anilines is 1. The Hall–Kier alpha value is -3.15. The van der Waals surface area contributed by atoms with Crippen molar-refractivity contribution in [3.8, 4) is 5.75 Å². The number of ether oxygens (including phenoxy) is 1. The van der Waals surface area contributed by atoms with E-state index in [0.717, 1.165) is 5.56 Å². The molecule has 24 heavy (non-hydrogen) atoms. The Bertz CT molecular complexity index is 798. The smallest absolute Gasteiger partial charge is 0.338 e. The molecule has 1 amide bonds. The number of Topliss-reactive ketones (excluding diaryl/α,β-unsaturated/α-hetero) is 1. The molecule has 0 radical (unpaired) electrons. The Kier molecular flexibility index (Phi) is 5.31. The monoisotopic (exact) mass is 327 g/mol. The lowest BCUT2D eigenvalue weighted by Gasteiger charge is -2.09. The van der Waals surface area contributed by atoms with Crippen LogP contribution in [0.25, 0.3) is 0 Å². The molecule has 0 spiro atoms. The molecule has 0 bridgehead atoms. The van der Waals surface area contributed by atoms with E-state index in [1.807, 2.05) is 0 Å². The second-order valence-electron chi connectivity index (χ2n) is 5.23. The third-order valence-electron chi connectivity index (χ3n) is 3.33. The number of benzene rings is 2. The standard InChI is InChI=1S/C18H17NO5/c1-11-5-3-4-6-14(11)18(23)24-10-17(22)13-7-8-16(21)15(9-13)19-12(2)20/h3-9,21H,10H2,1-2H3,(H,19,20). The molecule has 0 aromatic heterocycles. The molecule has 0 aliphatic rings. The van der Waals surface area contributed by atoms with Gasteiger partial charge in [-0.1, -0.05) is 18.2 Å². The minimum atomic E-state index is -0.581. The van der Waals surface area contributed by atoms with Crippen LogP contribution >= 0.6 is 0 Å². The summed E-state index contributed by atoms with van der Waals surface area (Å²) in [5.74, 6) is -1.55. The van der Waals surface area contributed by atoms with Gasteiger partial charge in [-0.25, -0.2) is 4.79 Å². The predicted octanol–water partition coefficient (Wildman–Crippen LogP) is 2.70. The molecule has 6 nitrogen and oxygen atoms in total. The summed E-state index contributed by atoms with van der Waals surface area (Å²) in [7, 11) is 0. The SMILES string of the molecule is CC(=O)Nc1cc(C(=O)COC(=O)c2ccccc2C)ccc1O. The van der Waals surface area contributed by atoms with Crippen LogP contribution in [-0.2, 0) is 9.53 Å². The van der Waals surface area contributed by atoms with Crippen LogP contribution in [0.2, 0.25) is 0 Å². The second-order valence-corrected chi connectivity index (χ2v) is 5.23. The van der Waals surface area contributed by atoms with Gasteiger partial charge in [-0.3, -0.25) is 9.59 Å². The van der Waals surface area contributed by atoms with Gasteiger partial charge >= 0.3 is 5.97 Å². The van der Waals surface area contributed by atoms with E-state index in [-0.39, 0.29) is 22.9 Å². The summed E-state index contributed by atoms with van der Waals surface area (Å²) < 4.78 is 5.04. The Morgan fingerprint density at radius 3 is 2.50 bits per heavy atom. The topological polar surface area (TPSA) is 92.7 Å². The van der Waals surface area contributed by atoms with Crippen molar-refractivity contribution in [3.05, 3.63) is 59.2 Å². The molecule has 2 aromatic rings. The normalized spacial score (nSPS) is 10.1. The fraction of sp³-hybridized carbons (Fsp3) is 0.167. The van der Waals surface area contributed by atoms with Crippen LogP contribution in [-0.4, -0.2) is 29.4 Å². The van der Waals surface area contributed by atoms with E-state index in [4.69, 9.17) is 4.74 Å². The number of phenols is 1. The number of carbonyl (C=O) groups excluding carboxylic acids is 3. The first-order chi connectivity index (χ1) is 11.4. The molecule has 2 N–H and O–H groups in total. The largest absolute Gasteiger partial charge is 0.506 e. The highest BCUT2D eigenvalue weighted by Gasteiger charge is 2.15. The van der Waals surface area contributed by atoms with Gasteiger partial charge in [0, 0.05) is 12.5 Å². The van der Waals surface area contributed by atoms with Crippen molar-refractivity contribution >= 4 is 23.3 Å². The van der Waals surface area contributed by atoms with Crippen LogP contribution < -0.4 is 5.32 Å². The Morgan fingerprint density at radius 2 is 1.83 bits per heavy atom. The molecule has 0 aliphatic heterocycles. The average molecular weight is 327 g/mol. The van der Waals surface area contributed by atoms with Gasteiger partial charge in [0.2, 0.25) is 5.91 Å². The van der Waals surface area contributed by atoms with Crippen LogP contribution in [0.4, 0.5) is 5.69 Å². The third-order valence-corrected chi connectivity index (χ3v) is 3.33. The molecule has 124 valence electrons. The number of hydrogen-bond acceptors (Lipinski definition) is 5. The molecule has 0 unspecified atom stereocenters. The van der Waals surface area contributed by atoms with Crippen molar-refractivity contribution in [1.82, 2.24) is 0 Å². The zero-order chi connectivity index (χ0) is 17.7. The quantitative estimate of drug-likeness (QED) is 0.500. The summed E-state index contributed by atoms with van der Waals surface area (Å²) in [6.45, 7) is 2.63. The summed E-state index contributed by atoms with van der Waals surface area (Å²) >= 11 is 0. The van der Waals surface area contributed by atoms with E-state index in [1.54, 1.807) is 31.2 Å². The van der Waals surface area contributed by atoms with Crippen molar-refractivity contribution in [1.29, 1.82) is 0 Å². The summed E-state index contributed by atoms with van der Waals surface area (Å²) in [6, 6.07) is 10.9. The molecule has 2 rings (SSSR count). The number of ketones is 1. The average Bonchev–Trinajstić information content (AvgIpc) is 2.54. The Morgan fingerprint density at radius 1 is 1.12 bits per heavy atom. The van der Waals surface area contributed by atoms with Crippen LogP contribution in [0, 0.1) is 6.92 Å². The van der Waals surface area contributed by atoms with Gasteiger partial charge in [-0.05, 0) is 36.8 Å². The van der Waals surface area contributed by atoms with Crippen LogP contribution in [0.3, 0.4) is 0 Å². The first kappa shape index (κ1) is 17.2. The molecule has 0 saturated carbocycles. The van der Waals surface area contributed by atoms with Crippen LogP contribution in [0.1, 0.15) is 33.2 Å². The summed E-state index contributed by atoms with van der Waals surface area (Å²) in [4.78, 5) is 35.2. The summed E-state index contributed by atoms with van der Waals surface area (Å²) in [6.07, 6.45) is 0. The lowest BCUT2D eigenvalue weighted by molar-refractivity contribution is -0.114. The number of nitrogens with one attached hydrogen (secondary N) is 1. The zero-order valence-electron chi connectivity index (χ0n) is 13.3. The summed E-state index contributed by atoms with van der Waals surface area (Å²) in [5, 5.41) is 12.1. The van der Waals surface area contributed by atoms with E-state index in [9.17, 15) is 19.5 Å². The van der Waals surface area contributed by atoms with Crippen molar-refractivity contribution in [2.45, 2.75) is 13.8 Å². The fourth-order valence-corrected chi connectivity index (χ4v) is 2.09. The first-order valence-corrected chi connectivity index (χ1v) is 7.25. The van der Waals surface area contributed by atoms with E-state index in [1.165, 1.54) is 25.1 Å². The number of amides is 1. The van der Waals surface area contributed by atoms with E-state index in [2.05, 4.69) is 5.32 Å². The number of aromatic hydroxyl groups is 1. The highest BCUT2D eigenvalue weighted by atomic mass is 16.5. The number of esters is 1. The number of rotatable bonds is 5. The maximum absolute atomic E-state index is 12.1. The van der Waals surface area contributed by atoms with Crippen molar-refractivity contribution < 1.29 is 24.2 Å². The number of phenolic OH excluding ortho intramolecular Hbond substituents is 1. The minimum absolute atomic E-state index is 0.124. The molecule has 0 atom stereocenters. The highest BCUT2D eigenvalue weighted by molar-refractivity contribution is 6.01. The molecule has 2 aromatic carbocycles. The van der Waals surface area contributed by atoms with E-state index < -0.39 is 18.4 Å². The van der Waals surface area contributed by atoms with E-state index >= 15 is 0 Å². The Labute approximate surface area is 139 Å². The number of hydrogen-bond donors (Lipinski definition) is 2. The Balaban J connectivity index is 2.06. The van der Waals surface area contributed by atoms with Gasteiger partial charge < -0.3 is 15.2 Å². The fourth-order valence-electron chi connectivity index (χ4n) is 2.09. The lowest BCUT2D eigenvalue weighted by Crippen LogP contribution is -2.15. The van der Waals surface area contributed by atoms with Crippen molar-refractivity contribution in [2.24, 2.45) is 0 Å². The zero-order valence-corrected chi connectivity index (χ0v) is 13.3. The van der Waals surface area contributed by atoms with Gasteiger partial charge in [-0.2, -0.15) is 0 Å². The van der Waals surface area contributed by atoms with Crippen LogP contribution in [0.15, 0.2) is 42.5 Å². The van der Waals surface area contributed by atoms with Gasteiger partial charge in [0.25, 0.3) is 0 Å². The summed E-state index contributed by atoms with van der Waals surface area (Å²) in [5.41, 5.74) is 1.50. The molecule has 0 fully saturated rings. The molecule has 0 aliphatic carbocycles. The molecular formula is C18H17NO5. The number of carbonyl (C=O) groups is 3. The molecular weight excluding hydrogens is 310 g/mol. The predicted molar refractivity (Wildman–Crippen MR) is 88.2 cm³/mol. The van der Waals surface area contributed by atoms with Crippen molar-refractivity contribution in [2.75, 3.05) is 11.9 Å². The van der Waals surface area contributed by atoms with Gasteiger partial charge in [0.15, 0.2) is 12.4 Å². The third kappa shape index (κ3) is 4.19. The maximum Gasteiger partial charge on any atom is 0.338 e. The van der Waals surface area contributed by atoms with E-state index in [0.29, 0.717) is 5.56 Å². The van der Waals surface area contributed by atoms with Gasteiger partial charge in [0.1, 0.15) is 5.75 Å². The maximum atomic E-state index is 12.1. The van der Waals surface area contributed by atoms with Gasteiger partial charge in [0.05, 0.1) is 11.3 Å². The highest BCUT2D eigenvalue weighted by Crippen LogP contribution is 2.24. The molecule has 0 saturated heterocycles. The number of aryl methyl sites for hydroxylation is 1. The van der Waals surface area contributed by atoms with Gasteiger partial charge in [-0.15, -0.1) is 0 Å². The lowest BCUT2D eigenvalue weighted by atomic mass is 10.1. The van der Waals surface area contributed by atoms with Crippen LogP contribution in [0.5, 0.6) is 5.75 Å². The minimum Gasteiger partial charge on any atom is -0.506 e. The molecule has 6 heteroatoms. The first-order valence-electron chi connectivity index (χ1n) is 7.25. The van der Waals surface area contributed by atoms with Crippen molar-refractivity contribution in [3.63, 3.8) is 0 Å². The second kappa shape index (κ2) is 7.41.